The number of anilines is 3. The van der Waals surface area contributed by atoms with Gasteiger partial charge < -0.3 is 56.4 Å². The SMILES string of the molecule is CC(C)(C)OC(=O)OC(=O)OC(C)(C)C.Cc1ccc(N2CCN(C(=O)OC(C)(C)C)CC2=O)cc1.Nc1ccc(N2CCNCC2=O)cc1.O=CO[O-].O=[N+]([O-])c1ccc(F)cc1.O=c1cncc[nH]1.O=c1cnccn1-c1ccc([N+](=O)[O-])cc1.[Cs+].[Cs+].[H-].[HH]. The number of nitro groups is 2. The molecule has 472 valence electrons. The Morgan fingerprint density at radius 1 is 0.674 bits per heavy atom. The average molecular weight is 1480 g/mol. The van der Waals surface area contributed by atoms with Crippen LogP contribution in [0.2, 0.25) is 0 Å². The first kappa shape index (κ1) is 82.6. The Morgan fingerprint density at radius 3 is 1.54 bits per heavy atom. The van der Waals surface area contributed by atoms with Gasteiger partial charge in [-0.2, -0.15) is 0 Å². The number of nitrogen functional groups attached to an aromatic ring is 1. The van der Waals surface area contributed by atoms with Gasteiger partial charge in [0, 0.05) is 99.4 Å². The molecule has 29 nitrogen and oxygen atoms in total. The van der Waals surface area contributed by atoms with Crippen LogP contribution < -0.4 is 175 Å². The Bertz CT molecular complexity index is 3280. The molecule has 2 aliphatic heterocycles. The molecule has 4 aromatic carbocycles. The number of piperazine rings is 2. The van der Waals surface area contributed by atoms with Crippen LogP contribution in [0, 0.1) is 33.0 Å². The molecule has 0 aliphatic carbocycles. The molecular weight excluding hydrogens is 1410 g/mol. The summed E-state index contributed by atoms with van der Waals surface area (Å²) in [6.07, 6.45) is 5.84. The number of nitrogens with zero attached hydrogens (tertiary/aromatic N) is 8. The van der Waals surface area contributed by atoms with Crippen LogP contribution in [-0.2, 0) is 38.2 Å². The number of nitro benzene ring substituents is 2. The Balaban J connectivity index is -0.00000102. The number of aromatic nitrogens is 4. The molecule has 0 saturated carbocycles. The molecule has 2 fully saturated rings. The van der Waals surface area contributed by atoms with Crippen molar-refractivity contribution in [3.05, 3.63) is 187 Å². The molecule has 89 heavy (non-hydrogen) atoms. The van der Waals surface area contributed by atoms with Gasteiger partial charge in [-0.05, 0) is 130 Å². The van der Waals surface area contributed by atoms with Crippen molar-refractivity contribution in [1.82, 2.24) is 29.7 Å². The van der Waals surface area contributed by atoms with E-state index >= 15 is 0 Å². The first-order valence-electron chi connectivity index (χ1n) is 26.0. The van der Waals surface area contributed by atoms with Crippen molar-refractivity contribution in [2.75, 3.05) is 54.8 Å². The zero-order valence-electron chi connectivity index (χ0n) is 52.4. The standard InChI is InChI=1S/C16H22N2O3.C10H7N3O3.C10H13N3O.C10H18O5.C6H4FNO2.C4H4N2O.CH2O3.2Cs.H2.H/c1-12-5-7-13(8-6-12)18-10-9-17(11-14(18)19)15(20)21-16(2,3)4;14-10-7-11-5-6-12(10)8-1-3-9(4-2-8)13(15)16;11-8-1-3-9(4-2-8)13-6-5-12-7-10(13)14;1-9(2,3)14-7(11)13-8(12)15-10(4,5)6;7-5-1-3-6(4-2-5)8(9)10;7-4-3-5-1-2-6-4;2-1-4-3;;;;/h5-8H,9-11H2,1-4H3;1-7H;1-4,12H,5-7,11H2;1-6H3;1-4H;1-3H,(H,6,7);1,3H;;;1H;/q;;;;;;;2*+1;;-1/p-1. The number of amides is 3. The number of benzene rings is 4. The number of carbonyl (C=O) groups is 6. The van der Waals surface area contributed by atoms with Crippen molar-refractivity contribution in [3.8, 4) is 5.69 Å². The van der Waals surface area contributed by atoms with Gasteiger partial charge in [0.25, 0.3) is 29.0 Å². The van der Waals surface area contributed by atoms with Crippen molar-refractivity contribution >= 4 is 65.1 Å². The third-order valence-corrected chi connectivity index (χ3v) is 10.2. The third kappa shape index (κ3) is 35.6. The Hall–Kier alpha value is -6.39. The molecule has 0 atom stereocenters. The van der Waals surface area contributed by atoms with Crippen LogP contribution in [0.4, 0.5) is 47.2 Å². The first-order valence-corrected chi connectivity index (χ1v) is 26.0. The summed E-state index contributed by atoms with van der Waals surface area (Å²) in [6, 6.07) is 25.2. The predicted molar refractivity (Wildman–Crippen MR) is 316 cm³/mol. The van der Waals surface area contributed by atoms with Gasteiger partial charge in [-0.15, -0.1) is 0 Å². The summed E-state index contributed by atoms with van der Waals surface area (Å²) >= 11 is 0. The fraction of sp³-hybridized carbons (Fsp3) is 0.333. The molecule has 6 aromatic rings. The number of nitrogens with two attached hydrogens (primary N) is 1. The van der Waals surface area contributed by atoms with E-state index in [9.17, 15) is 58.2 Å². The smallest absolute Gasteiger partial charge is 1.00 e. The molecule has 2 saturated heterocycles. The summed E-state index contributed by atoms with van der Waals surface area (Å²) in [6.45, 7) is 20.3. The number of nitrogens with one attached hydrogen (secondary N) is 2. The van der Waals surface area contributed by atoms with Gasteiger partial charge in [-0.1, -0.05) is 17.7 Å². The molecule has 2 aliphatic rings. The summed E-state index contributed by atoms with van der Waals surface area (Å²) < 4.78 is 32.6. The van der Waals surface area contributed by atoms with E-state index in [1.807, 2.05) is 76.2 Å². The quantitative estimate of drug-likeness (QED) is 0.0307. The summed E-state index contributed by atoms with van der Waals surface area (Å²) in [7, 11) is 0. The van der Waals surface area contributed by atoms with Crippen molar-refractivity contribution in [2.45, 2.75) is 86.0 Å². The predicted octanol–water partition coefficient (Wildman–Crippen LogP) is 1.10. The van der Waals surface area contributed by atoms with Crippen LogP contribution in [-0.4, -0.2) is 127 Å². The van der Waals surface area contributed by atoms with E-state index in [2.05, 4.69) is 29.9 Å². The average Bonchev–Trinajstić information content (AvgIpc) is 2.28. The number of aromatic amines is 1. The monoisotopic (exact) mass is 1480 g/mol. The molecule has 8 rings (SSSR count). The van der Waals surface area contributed by atoms with Crippen LogP contribution in [0.5, 0.6) is 0 Å². The minimum atomic E-state index is -1.06. The molecule has 2 aromatic heterocycles. The van der Waals surface area contributed by atoms with Crippen LogP contribution in [0.3, 0.4) is 0 Å². The molecule has 3 amide bonds. The van der Waals surface area contributed by atoms with Crippen LogP contribution in [0.25, 0.3) is 5.69 Å². The summed E-state index contributed by atoms with van der Waals surface area (Å²) in [4.78, 5) is 125. The van der Waals surface area contributed by atoms with Crippen LogP contribution in [0.15, 0.2) is 144 Å². The van der Waals surface area contributed by atoms with E-state index in [0.29, 0.717) is 25.3 Å². The van der Waals surface area contributed by atoms with Crippen molar-refractivity contribution in [1.29, 1.82) is 0 Å². The Morgan fingerprint density at radius 2 is 1.13 bits per heavy atom. The Kier molecular flexibility index (Phi) is 38.8. The molecular formula is C57H72Cs2FN11O18. The maximum atomic E-state index is 12.2. The summed E-state index contributed by atoms with van der Waals surface area (Å²) in [5.41, 5.74) is 7.32. The number of carbonyl (C=O) groups excluding carboxylic acids is 6. The molecule has 0 radical (unpaired) electrons. The van der Waals surface area contributed by atoms with Gasteiger partial charge in [0.1, 0.15) is 29.2 Å². The Labute approximate surface area is 632 Å². The minimum Gasteiger partial charge on any atom is -1.00 e. The van der Waals surface area contributed by atoms with E-state index in [4.69, 9.17) is 30.0 Å². The molecule has 4 heterocycles. The topological polar surface area (TPSA) is 386 Å². The number of aryl methyl sites for hydroxylation is 1. The minimum absolute atomic E-state index is 0. The maximum Gasteiger partial charge on any atom is 1.00 e. The number of ether oxygens (including phenoxy) is 4. The molecule has 0 bridgehead atoms. The van der Waals surface area contributed by atoms with Crippen molar-refractivity contribution in [3.63, 3.8) is 0 Å². The second kappa shape index (κ2) is 41.8. The van der Waals surface area contributed by atoms with Gasteiger partial charge in [0.2, 0.25) is 11.8 Å². The zero-order valence-corrected chi connectivity index (χ0v) is 64.0. The van der Waals surface area contributed by atoms with Gasteiger partial charge in [-0.3, -0.25) is 63.6 Å². The first-order chi connectivity index (χ1) is 40.7. The fourth-order valence-corrected chi connectivity index (χ4v) is 6.47. The summed E-state index contributed by atoms with van der Waals surface area (Å²) in [5.74, 6) is -0.442. The van der Waals surface area contributed by atoms with Crippen LogP contribution in [0.1, 0.15) is 70.7 Å². The molecule has 0 spiro atoms. The number of rotatable bonds is 6. The largest absolute Gasteiger partial charge is 1.00 e. The summed E-state index contributed by atoms with van der Waals surface area (Å²) in [5, 5.41) is 31.9. The fourth-order valence-electron chi connectivity index (χ4n) is 6.47. The van der Waals surface area contributed by atoms with E-state index in [1.165, 1.54) is 70.9 Å². The second-order valence-corrected chi connectivity index (χ2v) is 20.7. The number of hydrogen-bond donors (Lipinski definition) is 3. The maximum absolute atomic E-state index is 12.2. The van der Waals surface area contributed by atoms with E-state index < -0.39 is 50.9 Å². The molecule has 32 heteroatoms. The number of halogens is 1. The van der Waals surface area contributed by atoms with E-state index in [-0.39, 0.29) is 188 Å². The van der Waals surface area contributed by atoms with Crippen LogP contribution >= 0.6 is 0 Å². The molecule has 4 N–H and O–H groups in total. The van der Waals surface area contributed by atoms with Crippen molar-refractivity contribution in [2.24, 2.45) is 0 Å². The second-order valence-electron chi connectivity index (χ2n) is 20.7. The van der Waals surface area contributed by atoms with E-state index in [0.717, 1.165) is 60.0 Å². The number of H-pyrrole nitrogens is 1. The normalized spacial score (nSPS) is 12.2. The number of hydrogen-bond acceptors (Lipinski definition) is 22. The van der Waals surface area contributed by atoms with Gasteiger partial charge >= 0.3 is 156 Å². The van der Waals surface area contributed by atoms with Gasteiger partial charge in [0.15, 0.2) is 0 Å². The van der Waals surface area contributed by atoms with Gasteiger partial charge in [0.05, 0.1) is 28.8 Å². The molecule has 0 unspecified atom stereocenters. The number of non-ortho nitro benzene ring substituents is 2. The van der Waals surface area contributed by atoms with Crippen molar-refractivity contribution < 1.29 is 213 Å². The zero-order chi connectivity index (χ0) is 65.5. The van der Waals surface area contributed by atoms with E-state index in [1.54, 1.807) is 51.3 Å². The third-order valence-electron chi connectivity index (χ3n) is 10.2. The van der Waals surface area contributed by atoms with Gasteiger partial charge in [-0.25, -0.2) is 18.8 Å².